The van der Waals surface area contributed by atoms with Crippen molar-refractivity contribution in [3.63, 3.8) is 0 Å². The Morgan fingerprint density at radius 3 is 2.60 bits per heavy atom. The van der Waals surface area contributed by atoms with Crippen LogP contribution in [-0.4, -0.2) is 42.7 Å². The van der Waals surface area contributed by atoms with E-state index in [1.807, 2.05) is 6.07 Å². The average molecular weight is 436 g/mol. The van der Waals surface area contributed by atoms with Gasteiger partial charge < -0.3 is 21.1 Å². The molecular formula is C23H34ClN3O3. The van der Waals surface area contributed by atoms with Crippen molar-refractivity contribution < 1.29 is 14.7 Å². The summed E-state index contributed by atoms with van der Waals surface area (Å²) in [6, 6.07) is 4.72. The first-order valence-corrected chi connectivity index (χ1v) is 11.0. The van der Waals surface area contributed by atoms with Gasteiger partial charge in [0.25, 0.3) is 5.91 Å². The van der Waals surface area contributed by atoms with E-state index in [-0.39, 0.29) is 18.7 Å². The molecule has 0 saturated heterocycles. The van der Waals surface area contributed by atoms with E-state index in [1.54, 1.807) is 19.1 Å². The largest absolute Gasteiger partial charge is 0.480 e. The summed E-state index contributed by atoms with van der Waals surface area (Å²) in [5.41, 5.74) is 1.53. The van der Waals surface area contributed by atoms with Gasteiger partial charge in [-0.2, -0.15) is 0 Å². The standard InChI is InChI=1S/C22H32ClN3O3.CH2/c1-15(21(28)29)24-10-11-25-17-6-7-19(23)18(12-17)20(27)26-14-22-8-2-4-16(13-22)5-3-9-22;/h6-7,12,15-16,24-25H,2-5,8-11,13-14H2,1H3,(H,26,27)(H,28,29);1H2. The molecule has 1 unspecified atom stereocenters. The van der Waals surface area contributed by atoms with Crippen LogP contribution < -0.4 is 16.0 Å². The van der Waals surface area contributed by atoms with E-state index >= 15 is 0 Å². The molecule has 0 aliphatic heterocycles. The van der Waals surface area contributed by atoms with E-state index in [0.29, 0.717) is 23.7 Å². The van der Waals surface area contributed by atoms with Crippen molar-refractivity contribution in [3.05, 3.63) is 36.2 Å². The number of carbonyl (C=O) groups excluding carboxylic acids is 1. The number of carboxylic acids is 1. The highest BCUT2D eigenvalue weighted by molar-refractivity contribution is 6.34. The first kappa shape index (κ1) is 24.5. The maximum absolute atomic E-state index is 12.8. The van der Waals surface area contributed by atoms with Crippen molar-refractivity contribution >= 4 is 29.2 Å². The summed E-state index contributed by atoms with van der Waals surface area (Å²) in [4.78, 5) is 23.6. The summed E-state index contributed by atoms with van der Waals surface area (Å²) in [6.45, 7) is 3.38. The highest BCUT2D eigenvalue weighted by atomic mass is 35.5. The minimum atomic E-state index is -0.878. The number of carboxylic acid groups (broad SMARTS) is 1. The fourth-order valence-corrected chi connectivity index (χ4v) is 5.03. The first-order chi connectivity index (χ1) is 13.9. The van der Waals surface area contributed by atoms with Crippen molar-refractivity contribution in [2.24, 2.45) is 11.3 Å². The minimum absolute atomic E-state index is 0. The molecule has 1 atom stereocenters. The van der Waals surface area contributed by atoms with Crippen molar-refractivity contribution in [2.75, 3.05) is 25.0 Å². The number of halogens is 1. The van der Waals surface area contributed by atoms with Gasteiger partial charge in [0.1, 0.15) is 6.04 Å². The number of benzene rings is 1. The van der Waals surface area contributed by atoms with Crippen LogP contribution in [0, 0.1) is 18.8 Å². The molecule has 166 valence electrons. The van der Waals surface area contributed by atoms with E-state index in [2.05, 4.69) is 16.0 Å². The lowest BCUT2D eigenvalue weighted by Crippen LogP contribution is -2.43. The van der Waals surface area contributed by atoms with Crippen LogP contribution in [0.1, 0.15) is 62.2 Å². The van der Waals surface area contributed by atoms with Gasteiger partial charge in [0.2, 0.25) is 0 Å². The number of rotatable bonds is 9. The Morgan fingerprint density at radius 2 is 1.93 bits per heavy atom. The van der Waals surface area contributed by atoms with Crippen molar-refractivity contribution in [2.45, 2.75) is 57.9 Å². The van der Waals surface area contributed by atoms with Crippen LogP contribution in [0.15, 0.2) is 18.2 Å². The number of amides is 1. The molecule has 2 saturated carbocycles. The average Bonchev–Trinajstić information content (AvgIpc) is 2.70. The summed E-state index contributed by atoms with van der Waals surface area (Å²) in [7, 11) is 0. The van der Waals surface area contributed by atoms with Crippen LogP contribution >= 0.6 is 11.6 Å². The number of anilines is 1. The zero-order chi connectivity index (χ0) is 20.9. The third kappa shape index (κ3) is 6.35. The number of hydrogen-bond donors (Lipinski definition) is 4. The van der Waals surface area contributed by atoms with Crippen molar-refractivity contribution in [1.82, 2.24) is 10.6 Å². The van der Waals surface area contributed by atoms with Gasteiger partial charge in [-0.05, 0) is 55.7 Å². The number of carbonyl (C=O) groups is 2. The maximum Gasteiger partial charge on any atom is 0.320 e. The molecule has 3 rings (SSSR count). The summed E-state index contributed by atoms with van der Waals surface area (Å²) in [5, 5.41) is 18.6. The second-order valence-corrected chi connectivity index (χ2v) is 9.08. The molecule has 0 heterocycles. The Balaban J connectivity index is 0.00000320. The van der Waals surface area contributed by atoms with Gasteiger partial charge in [0.05, 0.1) is 10.6 Å². The number of aliphatic carboxylic acids is 1. The molecule has 2 aliphatic carbocycles. The van der Waals surface area contributed by atoms with Gasteiger partial charge >= 0.3 is 5.97 Å². The SMILES string of the molecule is CC(NCCNc1ccc(Cl)c(C(=O)NCC23CCCC(CCC2)C3)c1)C(=O)O.[CH2]. The number of hydrogen-bond acceptors (Lipinski definition) is 4. The van der Waals surface area contributed by atoms with Crippen molar-refractivity contribution in [3.8, 4) is 0 Å². The van der Waals surface area contributed by atoms with Gasteiger partial charge in [-0.3, -0.25) is 9.59 Å². The van der Waals surface area contributed by atoms with E-state index in [0.717, 1.165) is 18.2 Å². The molecule has 2 aliphatic rings. The Bertz CT molecular complexity index is 730. The summed E-state index contributed by atoms with van der Waals surface area (Å²) >= 11 is 6.29. The van der Waals surface area contributed by atoms with Crippen molar-refractivity contribution in [1.29, 1.82) is 0 Å². The Kier molecular flexibility index (Phi) is 8.98. The highest BCUT2D eigenvalue weighted by Crippen LogP contribution is 2.48. The molecule has 1 aromatic carbocycles. The molecule has 2 radical (unpaired) electrons. The Morgan fingerprint density at radius 1 is 1.23 bits per heavy atom. The predicted molar refractivity (Wildman–Crippen MR) is 121 cm³/mol. The summed E-state index contributed by atoms with van der Waals surface area (Å²) in [6.07, 6.45) is 8.89. The van der Waals surface area contributed by atoms with E-state index in [1.165, 1.54) is 44.9 Å². The normalized spacial score (nSPS) is 23.7. The predicted octanol–water partition coefficient (Wildman–Crippen LogP) is 4.23. The van der Waals surface area contributed by atoms with E-state index in [9.17, 15) is 9.59 Å². The summed E-state index contributed by atoms with van der Waals surface area (Å²) < 4.78 is 0. The molecule has 6 nitrogen and oxygen atoms in total. The number of fused-ring (bicyclic) bond motifs is 2. The lowest BCUT2D eigenvalue weighted by molar-refractivity contribution is -0.138. The smallest absolute Gasteiger partial charge is 0.320 e. The second-order valence-electron chi connectivity index (χ2n) is 8.67. The fourth-order valence-electron chi connectivity index (χ4n) is 4.83. The van der Waals surface area contributed by atoms with E-state index in [4.69, 9.17) is 16.7 Å². The van der Waals surface area contributed by atoms with Gasteiger partial charge in [0.15, 0.2) is 0 Å². The maximum atomic E-state index is 12.8. The van der Waals surface area contributed by atoms with Crippen LogP contribution in [-0.2, 0) is 4.79 Å². The van der Waals surface area contributed by atoms with Gasteiger partial charge in [-0.1, -0.05) is 44.7 Å². The zero-order valence-electron chi connectivity index (χ0n) is 17.8. The lowest BCUT2D eigenvalue weighted by atomic mass is 9.62. The summed E-state index contributed by atoms with van der Waals surface area (Å²) in [5.74, 6) is -0.168. The van der Waals surface area contributed by atoms with Crippen LogP contribution in [0.5, 0.6) is 0 Å². The first-order valence-electron chi connectivity index (χ1n) is 10.7. The molecule has 1 amide bonds. The molecule has 1 aromatic rings. The molecular weight excluding hydrogens is 402 g/mol. The Hall–Kier alpha value is -1.79. The molecule has 2 bridgehead atoms. The zero-order valence-corrected chi connectivity index (χ0v) is 18.6. The van der Waals surface area contributed by atoms with E-state index < -0.39 is 12.0 Å². The third-order valence-electron chi connectivity index (χ3n) is 6.47. The van der Waals surface area contributed by atoms with Gasteiger partial charge in [-0.25, -0.2) is 0 Å². The van der Waals surface area contributed by atoms with Gasteiger partial charge in [-0.15, -0.1) is 0 Å². The molecule has 4 N–H and O–H groups in total. The van der Waals surface area contributed by atoms with Gasteiger partial charge in [0, 0.05) is 25.3 Å². The quantitative estimate of drug-likeness (QED) is 0.436. The minimum Gasteiger partial charge on any atom is -0.480 e. The molecule has 30 heavy (non-hydrogen) atoms. The number of nitrogens with one attached hydrogen (secondary N) is 3. The van der Waals surface area contributed by atoms with Crippen LogP contribution in [0.25, 0.3) is 0 Å². The van der Waals surface area contributed by atoms with Crippen LogP contribution in [0.3, 0.4) is 0 Å². The third-order valence-corrected chi connectivity index (χ3v) is 6.80. The Labute approximate surface area is 185 Å². The molecule has 2 fully saturated rings. The lowest BCUT2D eigenvalue weighted by Gasteiger charge is -2.45. The fraction of sp³-hybridized carbons (Fsp3) is 0.609. The molecule has 0 aromatic heterocycles. The monoisotopic (exact) mass is 435 g/mol. The molecule has 0 spiro atoms. The topological polar surface area (TPSA) is 90.5 Å². The highest BCUT2D eigenvalue weighted by Gasteiger charge is 2.39. The van der Waals surface area contributed by atoms with Crippen LogP contribution in [0.4, 0.5) is 5.69 Å². The van der Waals surface area contributed by atoms with Crippen LogP contribution in [0.2, 0.25) is 5.02 Å². The second kappa shape index (κ2) is 11.0. The molecule has 7 heteroatoms.